The fourth-order valence-corrected chi connectivity index (χ4v) is 0.673. The lowest BCUT2D eigenvalue weighted by Gasteiger charge is -1.92. The van der Waals surface area contributed by atoms with E-state index >= 15 is 0 Å². The molecule has 10 heavy (non-hydrogen) atoms. The second-order valence-corrected chi connectivity index (χ2v) is 2.39. The third-order valence-electron chi connectivity index (χ3n) is 1.19. The highest BCUT2D eigenvalue weighted by Crippen LogP contribution is 1.97. The van der Waals surface area contributed by atoms with E-state index in [-0.39, 0.29) is 6.10 Å². The Hall–Kier alpha value is -0.560. The molecule has 0 radical (unpaired) electrons. The minimum absolute atomic E-state index is 0.302. The van der Waals surface area contributed by atoms with Crippen molar-refractivity contribution < 1.29 is 5.11 Å². The molecular formula is C9H16O. The van der Waals surface area contributed by atoms with Crippen molar-refractivity contribution in [1.82, 2.24) is 0 Å². The lowest BCUT2D eigenvalue weighted by Crippen LogP contribution is -1.91. The van der Waals surface area contributed by atoms with Crippen LogP contribution < -0.4 is 0 Å². The average molecular weight is 140 g/mol. The number of hydrogen-bond donors (Lipinski definition) is 1. The van der Waals surface area contributed by atoms with Gasteiger partial charge in [-0.3, -0.25) is 0 Å². The van der Waals surface area contributed by atoms with Crippen molar-refractivity contribution in [2.75, 3.05) is 0 Å². The fourth-order valence-electron chi connectivity index (χ4n) is 0.673. The first-order valence-corrected chi connectivity index (χ1v) is 3.73. The van der Waals surface area contributed by atoms with Crippen LogP contribution in [0, 0.1) is 0 Å². The molecule has 0 heterocycles. The number of unbranched alkanes of at least 4 members (excludes halogenated alkanes) is 2. The van der Waals surface area contributed by atoms with E-state index in [1.807, 2.05) is 18.2 Å². The Balaban J connectivity index is 3.10. The molecule has 0 bridgehead atoms. The Morgan fingerprint density at radius 3 is 2.70 bits per heavy atom. The number of allylic oxidation sites excluding steroid dienone is 2. The van der Waals surface area contributed by atoms with Crippen LogP contribution >= 0.6 is 0 Å². The standard InChI is InChI=1S/C9H16O/c1-3-4-5-6-7-8-9(2)10/h3,7-10H,1,4-6H2,2H3. The van der Waals surface area contributed by atoms with Gasteiger partial charge in [0.2, 0.25) is 0 Å². The van der Waals surface area contributed by atoms with Gasteiger partial charge in [0, 0.05) is 0 Å². The van der Waals surface area contributed by atoms with Crippen molar-refractivity contribution in [3.05, 3.63) is 24.8 Å². The molecule has 0 saturated carbocycles. The van der Waals surface area contributed by atoms with E-state index in [1.54, 1.807) is 6.92 Å². The number of rotatable bonds is 5. The van der Waals surface area contributed by atoms with Gasteiger partial charge < -0.3 is 5.11 Å². The summed E-state index contributed by atoms with van der Waals surface area (Å²) in [5.41, 5.74) is 0. The van der Waals surface area contributed by atoms with Gasteiger partial charge in [0.25, 0.3) is 0 Å². The monoisotopic (exact) mass is 140 g/mol. The highest BCUT2D eigenvalue weighted by Gasteiger charge is 1.83. The van der Waals surface area contributed by atoms with Crippen molar-refractivity contribution in [2.45, 2.75) is 32.3 Å². The van der Waals surface area contributed by atoms with Crippen LogP contribution in [-0.4, -0.2) is 11.2 Å². The molecule has 1 unspecified atom stereocenters. The molecule has 0 aromatic carbocycles. The molecule has 0 saturated heterocycles. The third-order valence-corrected chi connectivity index (χ3v) is 1.19. The normalized spacial score (nSPS) is 13.8. The maximum absolute atomic E-state index is 8.80. The van der Waals surface area contributed by atoms with Crippen molar-refractivity contribution in [3.8, 4) is 0 Å². The molecule has 58 valence electrons. The zero-order valence-electron chi connectivity index (χ0n) is 6.59. The molecule has 0 aromatic rings. The summed E-state index contributed by atoms with van der Waals surface area (Å²) in [4.78, 5) is 0. The lowest BCUT2D eigenvalue weighted by molar-refractivity contribution is 0.244. The first kappa shape index (κ1) is 9.44. The summed E-state index contributed by atoms with van der Waals surface area (Å²) in [6, 6.07) is 0. The molecular weight excluding hydrogens is 124 g/mol. The SMILES string of the molecule is C=CCCCC=CC(C)O. The summed E-state index contributed by atoms with van der Waals surface area (Å²) in [6.07, 6.45) is 8.66. The minimum Gasteiger partial charge on any atom is -0.389 e. The summed E-state index contributed by atoms with van der Waals surface area (Å²) in [5, 5.41) is 8.80. The van der Waals surface area contributed by atoms with E-state index in [4.69, 9.17) is 5.11 Å². The highest BCUT2D eigenvalue weighted by atomic mass is 16.3. The molecule has 0 aliphatic rings. The van der Waals surface area contributed by atoms with Crippen LogP contribution in [0.3, 0.4) is 0 Å². The van der Waals surface area contributed by atoms with Crippen LogP contribution in [0.5, 0.6) is 0 Å². The molecule has 1 N–H and O–H groups in total. The van der Waals surface area contributed by atoms with Crippen molar-refractivity contribution >= 4 is 0 Å². The van der Waals surface area contributed by atoms with Gasteiger partial charge >= 0.3 is 0 Å². The van der Waals surface area contributed by atoms with Gasteiger partial charge in [0.05, 0.1) is 6.10 Å². The summed E-state index contributed by atoms with van der Waals surface area (Å²) in [6.45, 7) is 5.37. The smallest absolute Gasteiger partial charge is 0.0692 e. The Kier molecular flexibility index (Phi) is 6.19. The van der Waals surface area contributed by atoms with Crippen LogP contribution in [0.25, 0.3) is 0 Å². The zero-order chi connectivity index (χ0) is 7.82. The van der Waals surface area contributed by atoms with Gasteiger partial charge in [-0.2, -0.15) is 0 Å². The van der Waals surface area contributed by atoms with Gasteiger partial charge in [-0.25, -0.2) is 0 Å². The van der Waals surface area contributed by atoms with E-state index in [9.17, 15) is 0 Å². The predicted octanol–water partition coefficient (Wildman–Crippen LogP) is 2.28. The fraction of sp³-hybridized carbons (Fsp3) is 0.556. The van der Waals surface area contributed by atoms with Gasteiger partial charge in [0.1, 0.15) is 0 Å². The second-order valence-electron chi connectivity index (χ2n) is 2.39. The molecule has 0 aliphatic heterocycles. The summed E-state index contributed by atoms with van der Waals surface area (Å²) < 4.78 is 0. The Morgan fingerprint density at radius 2 is 2.20 bits per heavy atom. The van der Waals surface area contributed by atoms with Crippen LogP contribution in [0.15, 0.2) is 24.8 Å². The topological polar surface area (TPSA) is 20.2 Å². The number of aliphatic hydroxyl groups is 1. The van der Waals surface area contributed by atoms with Crippen LogP contribution in [0.4, 0.5) is 0 Å². The Labute approximate surface area is 63.1 Å². The summed E-state index contributed by atoms with van der Waals surface area (Å²) in [7, 11) is 0. The maximum Gasteiger partial charge on any atom is 0.0692 e. The maximum atomic E-state index is 8.80. The second kappa shape index (κ2) is 6.56. The van der Waals surface area contributed by atoms with E-state index < -0.39 is 0 Å². The largest absolute Gasteiger partial charge is 0.389 e. The molecule has 0 rings (SSSR count). The summed E-state index contributed by atoms with van der Waals surface area (Å²) in [5.74, 6) is 0. The van der Waals surface area contributed by atoms with Gasteiger partial charge in [-0.05, 0) is 26.2 Å². The molecule has 0 fully saturated rings. The third kappa shape index (κ3) is 7.44. The predicted molar refractivity (Wildman–Crippen MR) is 44.9 cm³/mol. The van der Waals surface area contributed by atoms with Gasteiger partial charge in [-0.1, -0.05) is 18.2 Å². The Bertz CT molecular complexity index is 103. The van der Waals surface area contributed by atoms with Crippen molar-refractivity contribution in [3.63, 3.8) is 0 Å². The summed E-state index contributed by atoms with van der Waals surface area (Å²) >= 11 is 0. The van der Waals surface area contributed by atoms with Crippen LogP contribution in [-0.2, 0) is 0 Å². The van der Waals surface area contributed by atoms with Gasteiger partial charge in [0.15, 0.2) is 0 Å². The Morgan fingerprint density at radius 1 is 1.50 bits per heavy atom. The van der Waals surface area contributed by atoms with E-state index in [0.717, 1.165) is 19.3 Å². The van der Waals surface area contributed by atoms with Crippen LogP contribution in [0.1, 0.15) is 26.2 Å². The zero-order valence-corrected chi connectivity index (χ0v) is 6.59. The molecule has 0 aliphatic carbocycles. The first-order chi connectivity index (χ1) is 4.77. The van der Waals surface area contributed by atoms with E-state index in [2.05, 4.69) is 6.58 Å². The number of hydrogen-bond acceptors (Lipinski definition) is 1. The molecule has 1 nitrogen and oxygen atoms in total. The van der Waals surface area contributed by atoms with Crippen molar-refractivity contribution in [2.24, 2.45) is 0 Å². The molecule has 1 heteroatoms. The highest BCUT2D eigenvalue weighted by molar-refractivity contribution is 4.86. The average Bonchev–Trinajstić information content (AvgIpc) is 1.87. The van der Waals surface area contributed by atoms with Crippen LogP contribution in [0.2, 0.25) is 0 Å². The lowest BCUT2D eigenvalue weighted by atomic mass is 10.2. The number of aliphatic hydroxyl groups excluding tert-OH is 1. The molecule has 1 atom stereocenters. The molecule has 0 aromatic heterocycles. The first-order valence-electron chi connectivity index (χ1n) is 3.73. The quantitative estimate of drug-likeness (QED) is 0.459. The van der Waals surface area contributed by atoms with Crippen molar-refractivity contribution in [1.29, 1.82) is 0 Å². The minimum atomic E-state index is -0.302. The molecule has 0 amide bonds. The van der Waals surface area contributed by atoms with Gasteiger partial charge in [-0.15, -0.1) is 6.58 Å². The van der Waals surface area contributed by atoms with E-state index in [1.165, 1.54) is 0 Å². The molecule has 0 spiro atoms. The van der Waals surface area contributed by atoms with E-state index in [0.29, 0.717) is 0 Å².